The van der Waals surface area contributed by atoms with Gasteiger partial charge in [-0.2, -0.15) is 0 Å². The third-order valence-corrected chi connectivity index (χ3v) is 7.59. The van der Waals surface area contributed by atoms with Gasteiger partial charge >= 0.3 is 0 Å². The molecule has 29 heavy (non-hydrogen) atoms. The van der Waals surface area contributed by atoms with E-state index in [0.29, 0.717) is 56.7 Å². The van der Waals surface area contributed by atoms with Gasteiger partial charge in [-0.15, -0.1) is 11.3 Å². The Morgan fingerprint density at radius 1 is 1.28 bits per heavy atom. The first-order chi connectivity index (χ1) is 14.0. The van der Waals surface area contributed by atoms with E-state index < -0.39 is 5.54 Å². The second-order valence-electron chi connectivity index (χ2n) is 8.56. The summed E-state index contributed by atoms with van der Waals surface area (Å²) in [5.74, 6) is 0.394. The van der Waals surface area contributed by atoms with Gasteiger partial charge in [0.1, 0.15) is 5.54 Å². The van der Waals surface area contributed by atoms with Crippen LogP contribution in [0.3, 0.4) is 0 Å². The van der Waals surface area contributed by atoms with Crippen LogP contribution in [0.15, 0.2) is 0 Å². The normalized spacial score (nSPS) is 25.3. The topological polar surface area (TPSA) is 101 Å². The van der Waals surface area contributed by atoms with Crippen LogP contribution in [0.25, 0.3) is 0 Å². The van der Waals surface area contributed by atoms with Crippen molar-refractivity contribution in [2.24, 2.45) is 11.7 Å². The Bertz CT molecular complexity index is 753. The number of morpholine rings is 1. The number of fused-ring (bicyclic) bond motifs is 1. The molecule has 0 spiro atoms. The fourth-order valence-electron chi connectivity index (χ4n) is 4.75. The lowest BCUT2D eigenvalue weighted by Crippen LogP contribution is -2.64. The highest BCUT2D eigenvalue weighted by Crippen LogP contribution is 2.32. The Morgan fingerprint density at radius 2 is 2.00 bits per heavy atom. The van der Waals surface area contributed by atoms with Crippen molar-refractivity contribution in [1.82, 2.24) is 14.8 Å². The number of thiazole rings is 1. The van der Waals surface area contributed by atoms with E-state index in [1.54, 1.807) is 11.3 Å². The summed E-state index contributed by atoms with van der Waals surface area (Å²) in [5, 5.41) is 3.69. The summed E-state index contributed by atoms with van der Waals surface area (Å²) in [7, 11) is 0. The zero-order chi connectivity index (χ0) is 20.4. The monoisotopic (exact) mass is 421 g/mol. The smallest absolute Gasteiger partial charge is 0.240 e. The molecule has 0 radical (unpaired) electrons. The molecule has 0 saturated carbocycles. The summed E-state index contributed by atoms with van der Waals surface area (Å²) in [6.07, 6.45) is 4.54. The largest absolute Gasteiger partial charge is 0.379 e. The van der Waals surface area contributed by atoms with Crippen LogP contribution < -0.4 is 11.1 Å². The zero-order valence-corrected chi connectivity index (χ0v) is 17.9. The highest BCUT2D eigenvalue weighted by Gasteiger charge is 2.45. The maximum atomic E-state index is 12.6. The average Bonchev–Trinajstić information content (AvgIpc) is 3.10. The van der Waals surface area contributed by atoms with E-state index in [1.807, 2.05) is 0 Å². The lowest BCUT2D eigenvalue weighted by molar-refractivity contribution is -0.138. The Hall–Kier alpha value is -1.55. The number of amides is 2. The standard InChI is InChI=1S/C20H31N5O3S/c1-14-2-3-15-16(12-14)29-19(22-15)23-17(26)13-24-6-4-20(5-7-24,18(21)27)25-8-10-28-11-9-25/h14H,2-13H2,1H3,(H2,21,27)(H,22,23,26). The minimum absolute atomic E-state index is 0.0397. The molecule has 1 aromatic heterocycles. The average molecular weight is 422 g/mol. The van der Waals surface area contributed by atoms with Gasteiger partial charge in [-0.05, 0) is 38.0 Å². The van der Waals surface area contributed by atoms with Crippen molar-refractivity contribution in [3.05, 3.63) is 10.6 Å². The molecule has 2 fully saturated rings. The predicted molar refractivity (Wildman–Crippen MR) is 112 cm³/mol. The summed E-state index contributed by atoms with van der Waals surface area (Å²) in [4.78, 5) is 35.1. The van der Waals surface area contributed by atoms with Gasteiger partial charge in [-0.1, -0.05) is 6.92 Å². The number of piperidine rings is 1. The number of nitrogens with two attached hydrogens (primary N) is 1. The first-order valence-electron chi connectivity index (χ1n) is 10.6. The maximum absolute atomic E-state index is 12.6. The Morgan fingerprint density at radius 3 is 2.69 bits per heavy atom. The number of primary amides is 1. The molecule has 1 unspecified atom stereocenters. The number of nitrogens with one attached hydrogen (secondary N) is 1. The molecule has 1 aromatic rings. The Kier molecular flexibility index (Phi) is 6.19. The van der Waals surface area contributed by atoms with Crippen molar-refractivity contribution in [3.63, 3.8) is 0 Å². The molecule has 3 heterocycles. The maximum Gasteiger partial charge on any atom is 0.240 e. The fourth-order valence-corrected chi connectivity index (χ4v) is 5.93. The van der Waals surface area contributed by atoms with E-state index in [0.717, 1.165) is 31.6 Å². The van der Waals surface area contributed by atoms with Gasteiger partial charge < -0.3 is 15.8 Å². The number of hydrogen-bond acceptors (Lipinski definition) is 7. The summed E-state index contributed by atoms with van der Waals surface area (Å²) in [6.45, 7) is 6.68. The van der Waals surface area contributed by atoms with E-state index in [9.17, 15) is 9.59 Å². The van der Waals surface area contributed by atoms with Gasteiger partial charge in [-0.3, -0.25) is 19.4 Å². The van der Waals surface area contributed by atoms with Crippen molar-refractivity contribution in [2.45, 2.75) is 44.6 Å². The van der Waals surface area contributed by atoms with Crippen LogP contribution >= 0.6 is 11.3 Å². The minimum atomic E-state index is -0.609. The first-order valence-corrected chi connectivity index (χ1v) is 11.4. The van der Waals surface area contributed by atoms with Crippen LogP contribution in [-0.4, -0.2) is 78.1 Å². The first kappa shape index (κ1) is 20.7. The van der Waals surface area contributed by atoms with Crippen LogP contribution in [0.4, 0.5) is 5.13 Å². The van der Waals surface area contributed by atoms with Crippen LogP contribution in [0.1, 0.15) is 36.8 Å². The van der Waals surface area contributed by atoms with Crippen molar-refractivity contribution >= 4 is 28.3 Å². The van der Waals surface area contributed by atoms with Crippen LogP contribution in [0.5, 0.6) is 0 Å². The summed E-state index contributed by atoms with van der Waals surface area (Å²) < 4.78 is 5.42. The van der Waals surface area contributed by atoms with Crippen LogP contribution in [0, 0.1) is 5.92 Å². The second kappa shape index (κ2) is 8.67. The number of hydrogen-bond donors (Lipinski definition) is 2. The van der Waals surface area contributed by atoms with E-state index in [4.69, 9.17) is 10.5 Å². The third kappa shape index (κ3) is 4.47. The summed E-state index contributed by atoms with van der Waals surface area (Å²) in [6, 6.07) is 0. The Balaban J connectivity index is 1.31. The molecule has 2 aliphatic heterocycles. The quantitative estimate of drug-likeness (QED) is 0.731. The molecule has 1 atom stereocenters. The molecule has 0 aromatic carbocycles. The molecule has 3 N–H and O–H groups in total. The second-order valence-corrected chi connectivity index (χ2v) is 9.64. The van der Waals surface area contributed by atoms with Crippen molar-refractivity contribution in [1.29, 1.82) is 0 Å². The number of aryl methyl sites for hydroxylation is 1. The van der Waals surface area contributed by atoms with E-state index >= 15 is 0 Å². The molecule has 2 saturated heterocycles. The predicted octanol–water partition coefficient (Wildman–Crippen LogP) is 0.859. The highest BCUT2D eigenvalue weighted by molar-refractivity contribution is 7.15. The number of likely N-dealkylation sites (tertiary alicyclic amines) is 1. The van der Waals surface area contributed by atoms with Gasteiger partial charge in [0.2, 0.25) is 11.8 Å². The van der Waals surface area contributed by atoms with Gasteiger partial charge in [0.25, 0.3) is 0 Å². The third-order valence-electron chi connectivity index (χ3n) is 6.56. The zero-order valence-electron chi connectivity index (χ0n) is 17.1. The molecule has 4 rings (SSSR count). The fraction of sp³-hybridized carbons (Fsp3) is 0.750. The lowest BCUT2D eigenvalue weighted by Gasteiger charge is -2.47. The number of carbonyl (C=O) groups is 2. The number of nitrogens with zero attached hydrogens (tertiary/aromatic N) is 3. The van der Waals surface area contributed by atoms with Gasteiger partial charge in [0.05, 0.1) is 25.5 Å². The van der Waals surface area contributed by atoms with Gasteiger partial charge in [-0.25, -0.2) is 4.98 Å². The van der Waals surface area contributed by atoms with Gasteiger partial charge in [0, 0.05) is 31.1 Å². The molecule has 9 heteroatoms. The SMILES string of the molecule is CC1CCc2nc(NC(=O)CN3CCC(C(N)=O)(N4CCOCC4)CC3)sc2C1. The molecule has 1 aliphatic carbocycles. The van der Waals surface area contributed by atoms with Crippen molar-refractivity contribution in [3.8, 4) is 0 Å². The Labute approximate surface area is 175 Å². The van der Waals surface area contributed by atoms with E-state index in [1.165, 1.54) is 11.3 Å². The number of carbonyl (C=O) groups excluding carboxylic acids is 2. The summed E-state index contributed by atoms with van der Waals surface area (Å²) in [5.41, 5.74) is 6.36. The molecule has 0 bridgehead atoms. The highest BCUT2D eigenvalue weighted by atomic mass is 32.1. The van der Waals surface area contributed by atoms with E-state index in [2.05, 4.69) is 27.0 Å². The van der Waals surface area contributed by atoms with Crippen LogP contribution in [-0.2, 0) is 27.2 Å². The minimum Gasteiger partial charge on any atom is -0.379 e. The molecular weight excluding hydrogens is 390 g/mol. The number of rotatable bonds is 5. The van der Waals surface area contributed by atoms with Crippen molar-refractivity contribution < 1.29 is 14.3 Å². The molecular formula is C20H31N5O3S. The lowest BCUT2D eigenvalue weighted by atomic mass is 9.84. The summed E-state index contributed by atoms with van der Waals surface area (Å²) >= 11 is 1.61. The van der Waals surface area contributed by atoms with E-state index in [-0.39, 0.29) is 11.8 Å². The number of ether oxygens (including phenoxy) is 1. The molecule has 2 amide bonds. The number of anilines is 1. The van der Waals surface area contributed by atoms with Crippen molar-refractivity contribution in [2.75, 3.05) is 51.3 Å². The number of aromatic nitrogens is 1. The van der Waals surface area contributed by atoms with Crippen LogP contribution in [0.2, 0.25) is 0 Å². The molecule has 3 aliphatic rings. The van der Waals surface area contributed by atoms with Gasteiger partial charge in [0.15, 0.2) is 5.13 Å². The molecule has 160 valence electrons. The molecule has 8 nitrogen and oxygen atoms in total.